The lowest BCUT2D eigenvalue weighted by Crippen LogP contribution is -2.50. The van der Waals surface area contributed by atoms with Gasteiger partial charge in [-0.2, -0.15) is 0 Å². The second-order valence-electron chi connectivity index (χ2n) is 5.65. The monoisotopic (exact) mass is 334 g/mol. The normalized spacial score (nSPS) is 21.3. The molecule has 0 radical (unpaired) electrons. The quantitative estimate of drug-likeness (QED) is 0.846. The van der Waals surface area contributed by atoms with E-state index in [-0.39, 0.29) is 16.5 Å². The van der Waals surface area contributed by atoms with Gasteiger partial charge in [-0.1, -0.05) is 41.9 Å². The number of pyridine rings is 1. The lowest BCUT2D eigenvalue weighted by atomic mass is 9.93. The first-order valence-corrected chi connectivity index (χ1v) is 7.67. The van der Waals surface area contributed by atoms with Crippen LogP contribution in [0.3, 0.4) is 0 Å². The molecule has 1 aliphatic rings. The summed E-state index contributed by atoms with van der Waals surface area (Å²) in [6, 6.07) is 9.71. The van der Waals surface area contributed by atoms with E-state index >= 15 is 0 Å². The van der Waals surface area contributed by atoms with Crippen LogP contribution in [-0.2, 0) is 10.3 Å². The Morgan fingerprint density at radius 2 is 2.09 bits per heavy atom. The van der Waals surface area contributed by atoms with Crippen molar-refractivity contribution in [1.29, 1.82) is 0 Å². The summed E-state index contributed by atoms with van der Waals surface area (Å²) in [7, 11) is 0. The smallest absolute Gasteiger partial charge is 0.257 e. The van der Waals surface area contributed by atoms with Gasteiger partial charge >= 0.3 is 0 Å². The van der Waals surface area contributed by atoms with Gasteiger partial charge in [0.15, 0.2) is 5.82 Å². The minimum absolute atomic E-state index is 0.0731. The van der Waals surface area contributed by atoms with Crippen molar-refractivity contribution in [2.75, 3.05) is 19.7 Å². The van der Waals surface area contributed by atoms with Gasteiger partial charge in [-0.05, 0) is 12.5 Å². The van der Waals surface area contributed by atoms with Crippen molar-refractivity contribution in [3.8, 4) is 0 Å². The summed E-state index contributed by atoms with van der Waals surface area (Å²) in [5.41, 5.74) is 0.451. The summed E-state index contributed by atoms with van der Waals surface area (Å²) in [6.45, 7) is 3.13. The minimum atomic E-state index is -0.698. The number of aromatic nitrogens is 1. The van der Waals surface area contributed by atoms with Crippen molar-refractivity contribution in [3.05, 3.63) is 64.7 Å². The first kappa shape index (κ1) is 15.9. The minimum Gasteiger partial charge on any atom is -0.367 e. The van der Waals surface area contributed by atoms with Crippen molar-refractivity contribution in [2.24, 2.45) is 0 Å². The molecule has 0 bridgehead atoms. The Balaban J connectivity index is 1.86. The number of carbonyl (C=O) groups excluding carboxylic acids is 1. The van der Waals surface area contributed by atoms with E-state index in [4.69, 9.17) is 16.3 Å². The maximum absolute atomic E-state index is 13.5. The number of nitrogens with zero attached hydrogens (tertiary/aromatic N) is 2. The molecular formula is C17H16ClFN2O2. The van der Waals surface area contributed by atoms with Gasteiger partial charge in [-0.15, -0.1) is 0 Å². The predicted molar refractivity (Wildman–Crippen MR) is 84.9 cm³/mol. The van der Waals surface area contributed by atoms with E-state index in [0.29, 0.717) is 19.7 Å². The topological polar surface area (TPSA) is 42.4 Å². The molecule has 0 spiro atoms. The van der Waals surface area contributed by atoms with Crippen molar-refractivity contribution in [3.63, 3.8) is 0 Å². The lowest BCUT2D eigenvalue weighted by Gasteiger charge is -2.41. The van der Waals surface area contributed by atoms with Crippen LogP contribution < -0.4 is 0 Å². The summed E-state index contributed by atoms with van der Waals surface area (Å²) in [6.07, 6.45) is 2.29. The predicted octanol–water partition coefficient (Wildman–Crippen LogP) is 3.26. The summed E-state index contributed by atoms with van der Waals surface area (Å²) >= 11 is 5.90. The fourth-order valence-electron chi connectivity index (χ4n) is 2.75. The zero-order valence-corrected chi connectivity index (χ0v) is 13.4. The molecular weight excluding hydrogens is 319 g/mol. The highest BCUT2D eigenvalue weighted by Crippen LogP contribution is 2.30. The van der Waals surface area contributed by atoms with Gasteiger partial charge in [0, 0.05) is 12.7 Å². The Labute approximate surface area is 138 Å². The molecule has 1 unspecified atom stereocenters. The number of hydrogen-bond donors (Lipinski definition) is 0. The third-order valence-electron chi connectivity index (χ3n) is 4.01. The van der Waals surface area contributed by atoms with Crippen molar-refractivity contribution in [1.82, 2.24) is 9.88 Å². The number of amides is 1. The second-order valence-corrected chi connectivity index (χ2v) is 6.03. The average Bonchev–Trinajstić information content (AvgIpc) is 2.58. The molecule has 4 nitrogen and oxygen atoms in total. The zero-order chi connectivity index (χ0) is 16.4. The third-order valence-corrected chi connectivity index (χ3v) is 4.40. The van der Waals surface area contributed by atoms with Gasteiger partial charge < -0.3 is 9.64 Å². The molecule has 1 aromatic heterocycles. The van der Waals surface area contributed by atoms with Crippen LogP contribution in [0.4, 0.5) is 4.39 Å². The molecule has 0 N–H and O–H groups in total. The zero-order valence-electron chi connectivity index (χ0n) is 12.6. The van der Waals surface area contributed by atoms with Gasteiger partial charge in [0.05, 0.1) is 29.9 Å². The standard InChI is InChI=1S/C17H16ClFN2O2/c1-17(12-5-3-2-4-6-12)11-21(7-8-23-17)16(22)13-9-20-10-14(19)15(13)18/h2-6,9-10H,7-8,11H2,1H3. The molecule has 1 aromatic carbocycles. The number of ether oxygens (including phenoxy) is 1. The van der Waals surface area contributed by atoms with Crippen LogP contribution in [0.15, 0.2) is 42.7 Å². The van der Waals surface area contributed by atoms with Crippen LogP contribution in [0, 0.1) is 5.82 Å². The SMILES string of the molecule is CC1(c2ccccc2)CN(C(=O)c2cncc(F)c2Cl)CCO1. The summed E-state index contributed by atoms with van der Waals surface area (Å²) in [5.74, 6) is -1.04. The number of carbonyl (C=O) groups is 1. The summed E-state index contributed by atoms with van der Waals surface area (Å²) in [5, 5.41) is -0.196. The molecule has 1 atom stereocenters. The van der Waals surface area contributed by atoms with Gasteiger partial charge in [-0.25, -0.2) is 4.39 Å². The molecule has 23 heavy (non-hydrogen) atoms. The number of halogens is 2. The Morgan fingerprint density at radius 3 is 2.83 bits per heavy atom. The molecule has 1 amide bonds. The number of morpholine rings is 1. The Bertz CT molecular complexity index is 726. The molecule has 0 aliphatic carbocycles. The van der Waals surface area contributed by atoms with Gasteiger partial charge in [-0.3, -0.25) is 9.78 Å². The first-order valence-electron chi connectivity index (χ1n) is 7.29. The van der Waals surface area contributed by atoms with Crippen LogP contribution >= 0.6 is 11.6 Å². The van der Waals surface area contributed by atoms with E-state index in [0.717, 1.165) is 11.8 Å². The Hall–Kier alpha value is -1.98. The van der Waals surface area contributed by atoms with Gasteiger partial charge in [0.2, 0.25) is 0 Å². The second kappa shape index (κ2) is 6.26. The van der Waals surface area contributed by atoms with Crippen LogP contribution in [0.5, 0.6) is 0 Å². The molecule has 2 heterocycles. The van der Waals surface area contributed by atoms with Crippen molar-refractivity contribution < 1.29 is 13.9 Å². The molecule has 1 fully saturated rings. The number of benzene rings is 1. The number of hydrogen-bond acceptors (Lipinski definition) is 3. The lowest BCUT2D eigenvalue weighted by molar-refractivity contribution is -0.0930. The van der Waals surface area contributed by atoms with Crippen molar-refractivity contribution >= 4 is 17.5 Å². The third kappa shape index (κ3) is 3.07. The summed E-state index contributed by atoms with van der Waals surface area (Å²) < 4.78 is 19.4. The van der Waals surface area contributed by atoms with E-state index in [1.807, 2.05) is 37.3 Å². The Kier molecular flexibility index (Phi) is 4.33. The summed E-state index contributed by atoms with van der Waals surface area (Å²) in [4.78, 5) is 18.0. The number of rotatable bonds is 2. The fraction of sp³-hybridized carbons (Fsp3) is 0.294. The van der Waals surface area contributed by atoms with Crippen molar-refractivity contribution in [2.45, 2.75) is 12.5 Å². The van der Waals surface area contributed by atoms with Gasteiger partial charge in [0.25, 0.3) is 5.91 Å². The highest BCUT2D eigenvalue weighted by molar-refractivity contribution is 6.33. The first-order chi connectivity index (χ1) is 11.0. The molecule has 1 aliphatic heterocycles. The Morgan fingerprint density at radius 1 is 1.35 bits per heavy atom. The van der Waals surface area contributed by atoms with E-state index in [9.17, 15) is 9.18 Å². The molecule has 1 saturated heterocycles. The molecule has 6 heteroatoms. The largest absolute Gasteiger partial charge is 0.367 e. The van der Waals surface area contributed by atoms with E-state index in [1.54, 1.807) is 4.90 Å². The highest BCUT2D eigenvalue weighted by Gasteiger charge is 2.36. The van der Waals surface area contributed by atoms with Crippen LogP contribution in [0.1, 0.15) is 22.8 Å². The fourth-order valence-corrected chi connectivity index (χ4v) is 2.93. The van der Waals surface area contributed by atoms with Crippen LogP contribution in [0.2, 0.25) is 5.02 Å². The van der Waals surface area contributed by atoms with Crippen LogP contribution in [0.25, 0.3) is 0 Å². The molecule has 120 valence electrons. The highest BCUT2D eigenvalue weighted by atomic mass is 35.5. The van der Waals surface area contributed by atoms with E-state index in [1.165, 1.54) is 6.20 Å². The average molecular weight is 335 g/mol. The molecule has 3 rings (SSSR count). The van der Waals surface area contributed by atoms with E-state index in [2.05, 4.69) is 4.98 Å². The van der Waals surface area contributed by atoms with E-state index < -0.39 is 11.4 Å². The molecule has 2 aromatic rings. The van der Waals surface area contributed by atoms with Crippen LogP contribution in [-0.4, -0.2) is 35.5 Å². The maximum Gasteiger partial charge on any atom is 0.257 e. The molecule has 0 saturated carbocycles. The maximum atomic E-state index is 13.5. The van der Waals surface area contributed by atoms with Gasteiger partial charge in [0.1, 0.15) is 5.60 Å².